The first-order valence-corrected chi connectivity index (χ1v) is 8.72. The lowest BCUT2D eigenvalue weighted by Crippen LogP contribution is -2.40. The number of amides is 3. The van der Waals surface area contributed by atoms with Crippen LogP contribution in [-0.2, 0) is 16.9 Å². The second-order valence-corrected chi connectivity index (χ2v) is 6.97. The fraction of sp³-hybridized carbons (Fsp3) is 0.250. The minimum atomic E-state index is -1.19. The molecule has 1 heterocycles. The number of carbonyl (C=O) groups is 3. The molecule has 0 spiro atoms. The van der Waals surface area contributed by atoms with Crippen LogP contribution in [0.2, 0.25) is 5.02 Å². The van der Waals surface area contributed by atoms with Gasteiger partial charge in [0.15, 0.2) is 5.78 Å². The molecule has 1 aliphatic rings. The van der Waals surface area contributed by atoms with Gasteiger partial charge in [0.2, 0.25) is 0 Å². The molecule has 1 saturated heterocycles. The van der Waals surface area contributed by atoms with Gasteiger partial charge < -0.3 is 10.1 Å². The van der Waals surface area contributed by atoms with E-state index >= 15 is 0 Å². The van der Waals surface area contributed by atoms with Crippen LogP contribution in [0.1, 0.15) is 35.3 Å². The maximum absolute atomic E-state index is 13.0. The molecule has 3 rings (SSSR count). The number of Topliss-reactive ketones (excluding diaryl/α,β-unsaturated/α-hetero) is 1. The van der Waals surface area contributed by atoms with Gasteiger partial charge in [-0.15, -0.1) is 0 Å². The Morgan fingerprint density at radius 3 is 2.44 bits per heavy atom. The number of ether oxygens (including phenoxy) is 1. The predicted octanol–water partition coefficient (Wildman–Crippen LogP) is 3.52. The molecule has 1 atom stereocenters. The Hall–Kier alpha value is -2.86. The number of benzene rings is 2. The standard InChI is InChI=1S/C20H19ClN2O4/c1-12(24)13-4-9-17(27-3)14(10-13)11-23-18(25)20(2,22-19(23)26)15-5-7-16(21)8-6-15/h4-10H,11H2,1-3H3,(H,22,26)/t20-/m0/s1. The summed E-state index contributed by atoms with van der Waals surface area (Å²) < 4.78 is 5.31. The van der Waals surface area contributed by atoms with Crippen molar-refractivity contribution >= 4 is 29.3 Å². The quantitative estimate of drug-likeness (QED) is 0.630. The van der Waals surface area contributed by atoms with Gasteiger partial charge in [0.05, 0.1) is 13.7 Å². The Kier molecular flexibility index (Phi) is 4.93. The molecule has 2 aromatic rings. The lowest BCUT2D eigenvalue weighted by Gasteiger charge is -2.22. The van der Waals surface area contributed by atoms with Crippen molar-refractivity contribution in [2.45, 2.75) is 25.9 Å². The zero-order valence-corrected chi connectivity index (χ0v) is 16.0. The zero-order valence-electron chi connectivity index (χ0n) is 15.2. The van der Waals surface area contributed by atoms with Crippen molar-refractivity contribution in [3.05, 3.63) is 64.2 Å². The summed E-state index contributed by atoms with van der Waals surface area (Å²) in [6, 6.07) is 11.2. The number of imide groups is 1. The molecule has 1 aliphatic heterocycles. The molecular weight excluding hydrogens is 368 g/mol. The zero-order chi connectivity index (χ0) is 19.8. The summed E-state index contributed by atoms with van der Waals surface area (Å²) in [4.78, 5) is 38.4. The molecule has 3 amide bonds. The topological polar surface area (TPSA) is 75.7 Å². The number of hydrogen-bond donors (Lipinski definition) is 1. The molecule has 0 aromatic heterocycles. The minimum Gasteiger partial charge on any atom is -0.496 e. The van der Waals surface area contributed by atoms with Crippen LogP contribution in [0.15, 0.2) is 42.5 Å². The third-order valence-corrected chi connectivity index (χ3v) is 4.96. The van der Waals surface area contributed by atoms with E-state index in [1.54, 1.807) is 49.4 Å². The fourth-order valence-electron chi connectivity index (χ4n) is 3.11. The number of rotatable bonds is 5. The van der Waals surface area contributed by atoms with Gasteiger partial charge in [-0.25, -0.2) is 4.79 Å². The molecule has 0 bridgehead atoms. The highest BCUT2D eigenvalue weighted by Crippen LogP contribution is 2.32. The molecule has 0 unspecified atom stereocenters. The average molecular weight is 387 g/mol. The second-order valence-electron chi connectivity index (χ2n) is 6.54. The number of urea groups is 1. The first-order chi connectivity index (χ1) is 12.8. The molecule has 0 aliphatic carbocycles. The summed E-state index contributed by atoms with van der Waals surface area (Å²) in [5, 5.41) is 3.29. The number of nitrogens with one attached hydrogen (secondary N) is 1. The lowest BCUT2D eigenvalue weighted by atomic mass is 9.92. The summed E-state index contributed by atoms with van der Waals surface area (Å²) in [5.74, 6) is 0.00732. The fourth-order valence-corrected chi connectivity index (χ4v) is 3.24. The van der Waals surface area contributed by atoms with Crippen molar-refractivity contribution < 1.29 is 19.1 Å². The smallest absolute Gasteiger partial charge is 0.325 e. The van der Waals surface area contributed by atoms with E-state index in [0.29, 0.717) is 27.5 Å². The van der Waals surface area contributed by atoms with Crippen LogP contribution >= 0.6 is 11.6 Å². The molecule has 27 heavy (non-hydrogen) atoms. The predicted molar refractivity (Wildman–Crippen MR) is 101 cm³/mol. The van der Waals surface area contributed by atoms with E-state index in [-0.39, 0.29) is 18.2 Å². The van der Waals surface area contributed by atoms with E-state index in [0.717, 1.165) is 4.90 Å². The molecule has 0 saturated carbocycles. The first-order valence-electron chi connectivity index (χ1n) is 8.34. The van der Waals surface area contributed by atoms with Gasteiger partial charge in [0, 0.05) is 16.1 Å². The van der Waals surface area contributed by atoms with Gasteiger partial charge in [-0.2, -0.15) is 0 Å². The third kappa shape index (κ3) is 3.40. The molecule has 0 radical (unpaired) electrons. The summed E-state index contributed by atoms with van der Waals surface area (Å²) >= 11 is 5.91. The maximum atomic E-state index is 13.0. The van der Waals surface area contributed by atoms with Crippen molar-refractivity contribution in [1.82, 2.24) is 10.2 Å². The van der Waals surface area contributed by atoms with Crippen molar-refractivity contribution in [1.29, 1.82) is 0 Å². The lowest BCUT2D eigenvalue weighted by molar-refractivity contribution is -0.131. The molecule has 1 N–H and O–H groups in total. The van der Waals surface area contributed by atoms with Crippen LogP contribution < -0.4 is 10.1 Å². The molecule has 6 nitrogen and oxygen atoms in total. The maximum Gasteiger partial charge on any atom is 0.325 e. The average Bonchev–Trinajstić information content (AvgIpc) is 2.86. The van der Waals surface area contributed by atoms with Gasteiger partial charge in [0.1, 0.15) is 11.3 Å². The number of hydrogen-bond acceptors (Lipinski definition) is 4. The highest BCUT2D eigenvalue weighted by Gasteiger charge is 2.49. The Labute approximate surface area is 162 Å². The Morgan fingerprint density at radius 1 is 1.19 bits per heavy atom. The van der Waals surface area contributed by atoms with Crippen molar-refractivity contribution in [3.63, 3.8) is 0 Å². The Morgan fingerprint density at radius 2 is 1.85 bits per heavy atom. The van der Waals surface area contributed by atoms with Gasteiger partial charge in [-0.1, -0.05) is 23.7 Å². The number of nitrogens with zero attached hydrogens (tertiary/aromatic N) is 1. The first kappa shape index (κ1) is 18.9. The van der Waals surface area contributed by atoms with Gasteiger partial charge >= 0.3 is 6.03 Å². The highest BCUT2D eigenvalue weighted by molar-refractivity contribution is 6.30. The molecular formula is C20H19ClN2O4. The van der Waals surface area contributed by atoms with E-state index in [9.17, 15) is 14.4 Å². The number of carbonyl (C=O) groups excluding carboxylic acids is 3. The van der Waals surface area contributed by atoms with Gasteiger partial charge in [0.25, 0.3) is 5.91 Å². The van der Waals surface area contributed by atoms with Gasteiger partial charge in [-0.05, 0) is 49.7 Å². The molecule has 7 heteroatoms. The summed E-state index contributed by atoms with van der Waals surface area (Å²) in [6.45, 7) is 3.11. The van der Waals surface area contributed by atoms with Crippen LogP contribution in [-0.4, -0.2) is 29.7 Å². The number of ketones is 1. The Balaban J connectivity index is 1.93. The SMILES string of the molecule is COc1ccc(C(C)=O)cc1CN1C(=O)N[C@@](C)(c2ccc(Cl)cc2)C1=O. The van der Waals surface area contributed by atoms with Crippen molar-refractivity contribution in [2.75, 3.05) is 7.11 Å². The molecule has 140 valence electrons. The van der Waals surface area contributed by atoms with E-state index in [4.69, 9.17) is 16.3 Å². The van der Waals surface area contributed by atoms with Crippen LogP contribution in [0.3, 0.4) is 0 Å². The monoisotopic (exact) mass is 386 g/mol. The summed E-state index contributed by atoms with van der Waals surface area (Å²) in [6.07, 6.45) is 0. The summed E-state index contributed by atoms with van der Waals surface area (Å²) in [5.41, 5.74) is 0.511. The van der Waals surface area contributed by atoms with E-state index < -0.39 is 11.6 Å². The van der Waals surface area contributed by atoms with Crippen LogP contribution in [0, 0.1) is 0 Å². The van der Waals surface area contributed by atoms with E-state index in [1.807, 2.05) is 0 Å². The largest absolute Gasteiger partial charge is 0.496 e. The Bertz CT molecular complexity index is 926. The summed E-state index contributed by atoms with van der Waals surface area (Å²) in [7, 11) is 1.50. The molecule has 2 aromatic carbocycles. The second kappa shape index (κ2) is 7.04. The van der Waals surface area contributed by atoms with Gasteiger partial charge in [-0.3, -0.25) is 14.5 Å². The van der Waals surface area contributed by atoms with E-state index in [2.05, 4.69) is 5.32 Å². The third-order valence-electron chi connectivity index (χ3n) is 4.71. The van der Waals surface area contributed by atoms with Crippen LogP contribution in [0.5, 0.6) is 5.75 Å². The normalized spacial score (nSPS) is 19.2. The van der Waals surface area contributed by atoms with Crippen molar-refractivity contribution in [3.8, 4) is 5.75 Å². The number of methoxy groups -OCH3 is 1. The van der Waals surface area contributed by atoms with Crippen LogP contribution in [0.25, 0.3) is 0 Å². The van der Waals surface area contributed by atoms with Crippen molar-refractivity contribution in [2.24, 2.45) is 0 Å². The van der Waals surface area contributed by atoms with Crippen LogP contribution in [0.4, 0.5) is 4.79 Å². The highest BCUT2D eigenvalue weighted by atomic mass is 35.5. The van der Waals surface area contributed by atoms with E-state index in [1.165, 1.54) is 14.0 Å². The molecule has 1 fully saturated rings. The minimum absolute atomic E-state index is 0.00185. The number of halogens is 1.